The van der Waals surface area contributed by atoms with E-state index in [9.17, 15) is 4.39 Å². The number of nitrogens with one attached hydrogen (secondary N) is 1. The van der Waals surface area contributed by atoms with Crippen LogP contribution in [-0.4, -0.2) is 12.0 Å². The fourth-order valence-corrected chi connectivity index (χ4v) is 2.64. The smallest absolute Gasteiger partial charge is 0.124 e. The normalized spacial score (nSPS) is 12.4. The summed E-state index contributed by atoms with van der Waals surface area (Å²) in [6.07, 6.45) is 3.62. The van der Waals surface area contributed by atoms with Crippen molar-refractivity contribution in [1.82, 2.24) is 10.3 Å². The maximum atomic E-state index is 13.5. The summed E-state index contributed by atoms with van der Waals surface area (Å²) in [6, 6.07) is 9.14. The van der Waals surface area contributed by atoms with Crippen molar-refractivity contribution in [2.24, 2.45) is 0 Å². The fourth-order valence-electron chi connectivity index (χ4n) is 2.16. The first kappa shape index (κ1) is 15.1. The molecule has 2 nitrogen and oxygen atoms in total. The number of rotatable bonds is 5. The predicted molar refractivity (Wildman–Crippen MR) is 83.2 cm³/mol. The molecule has 0 amide bonds. The molecule has 2 rings (SSSR count). The van der Waals surface area contributed by atoms with Crippen LogP contribution in [0.25, 0.3) is 0 Å². The first-order chi connectivity index (χ1) is 9.62. The highest BCUT2D eigenvalue weighted by atomic mass is 79.9. The van der Waals surface area contributed by atoms with Crippen LogP contribution in [0.3, 0.4) is 0 Å². The standard InChI is InChI=1S/C16H18BrFN2/c1-3-11-4-5-15(20-10-11)9-16(19-2)12-6-13(17)8-14(18)7-12/h4-8,10,16,19H,3,9H2,1-2H3. The molecule has 0 radical (unpaired) electrons. The molecule has 4 heteroatoms. The summed E-state index contributed by atoms with van der Waals surface area (Å²) >= 11 is 3.33. The van der Waals surface area contributed by atoms with Crippen LogP contribution in [0.1, 0.15) is 29.8 Å². The van der Waals surface area contributed by atoms with Crippen LogP contribution in [0.2, 0.25) is 0 Å². The molecule has 1 unspecified atom stereocenters. The lowest BCUT2D eigenvalue weighted by atomic mass is 10.0. The summed E-state index contributed by atoms with van der Waals surface area (Å²) in [5, 5.41) is 3.22. The number of aromatic nitrogens is 1. The van der Waals surface area contributed by atoms with E-state index in [1.165, 1.54) is 11.6 Å². The molecule has 0 fully saturated rings. The summed E-state index contributed by atoms with van der Waals surface area (Å²) < 4.78 is 14.2. The fraction of sp³-hybridized carbons (Fsp3) is 0.312. The van der Waals surface area contributed by atoms with Crippen molar-refractivity contribution in [1.29, 1.82) is 0 Å². The molecule has 0 saturated carbocycles. The van der Waals surface area contributed by atoms with Crippen molar-refractivity contribution >= 4 is 15.9 Å². The van der Waals surface area contributed by atoms with Crippen molar-refractivity contribution in [3.8, 4) is 0 Å². The van der Waals surface area contributed by atoms with E-state index in [0.717, 1.165) is 28.6 Å². The molecule has 106 valence electrons. The Kier molecular flexibility index (Phi) is 5.26. The maximum absolute atomic E-state index is 13.5. The van der Waals surface area contributed by atoms with E-state index in [4.69, 9.17) is 0 Å². The minimum Gasteiger partial charge on any atom is -0.313 e. The van der Waals surface area contributed by atoms with Crippen molar-refractivity contribution < 1.29 is 4.39 Å². The molecular formula is C16H18BrFN2. The Bertz CT molecular complexity index is 549. The van der Waals surface area contributed by atoms with Crippen LogP contribution in [-0.2, 0) is 12.8 Å². The molecular weight excluding hydrogens is 319 g/mol. The molecule has 20 heavy (non-hydrogen) atoms. The Balaban J connectivity index is 2.19. The van der Waals surface area contributed by atoms with E-state index in [2.05, 4.69) is 39.2 Å². The molecule has 0 spiro atoms. The van der Waals surface area contributed by atoms with E-state index in [-0.39, 0.29) is 11.9 Å². The number of aryl methyl sites for hydroxylation is 1. The van der Waals surface area contributed by atoms with Gasteiger partial charge in [0.25, 0.3) is 0 Å². The van der Waals surface area contributed by atoms with E-state index in [1.807, 2.05) is 25.4 Å². The average Bonchev–Trinajstić information content (AvgIpc) is 2.44. The third-order valence-corrected chi connectivity index (χ3v) is 3.80. The van der Waals surface area contributed by atoms with Crippen molar-refractivity contribution in [3.63, 3.8) is 0 Å². The lowest BCUT2D eigenvalue weighted by molar-refractivity contribution is 0.571. The highest BCUT2D eigenvalue weighted by Gasteiger charge is 2.12. The van der Waals surface area contributed by atoms with Crippen molar-refractivity contribution in [3.05, 3.63) is 63.6 Å². The molecule has 0 aliphatic carbocycles. The molecule has 1 N–H and O–H groups in total. The van der Waals surface area contributed by atoms with Gasteiger partial charge in [-0.15, -0.1) is 0 Å². The first-order valence-electron chi connectivity index (χ1n) is 6.69. The zero-order chi connectivity index (χ0) is 14.5. The number of hydrogen-bond donors (Lipinski definition) is 1. The Morgan fingerprint density at radius 1 is 1.30 bits per heavy atom. The lowest BCUT2D eigenvalue weighted by Gasteiger charge is -2.17. The Morgan fingerprint density at radius 3 is 2.65 bits per heavy atom. The van der Waals surface area contributed by atoms with Gasteiger partial charge >= 0.3 is 0 Å². The second kappa shape index (κ2) is 6.95. The van der Waals surface area contributed by atoms with Crippen LogP contribution in [0.4, 0.5) is 4.39 Å². The number of likely N-dealkylation sites (N-methyl/N-ethyl adjacent to an activating group) is 1. The number of pyridine rings is 1. The van der Waals surface area contributed by atoms with Gasteiger partial charge in [0.2, 0.25) is 0 Å². The van der Waals surface area contributed by atoms with Crippen LogP contribution in [0.5, 0.6) is 0 Å². The van der Waals surface area contributed by atoms with Gasteiger partial charge in [0.1, 0.15) is 5.82 Å². The second-order valence-corrected chi connectivity index (χ2v) is 5.68. The van der Waals surface area contributed by atoms with E-state index in [1.54, 1.807) is 6.07 Å². The molecule has 0 bridgehead atoms. The average molecular weight is 337 g/mol. The van der Waals surface area contributed by atoms with Crippen LogP contribution >= 0.6 is 15.9 Å². The maximum Gasteiger partial charge on any atom is 0.124 e. The first-order valence-corrected chi connectivity index (χ1v) is 7.48. The van der Waals surface area contributed by atoms with Gasteiger partial charge in [0.05, 0.1) is 0 Å². The summed E-state index contributed by atoms with van der Waals surface area (Å²) in [7, 11) is 1.88. The summed E-state index contributed by atoms with van der Waals surface area (Å²) in [4.78, 5) is 4.46. The van der Waals surface area contributed by atoms with E-state index < -0.39 is 0 Å². The summed E-state index contributed by atoms with van der Waals surface area (Å²) in [6.45, 7) is 2.11. The minimum absolute atomic E-state index is 0.0435. The molecule has 1 aromatic carbocycles. The van der Waals surface area contributed by atoms with Gasteiger partial charge in [-0.25, -0.2) is 4.39 Å². The number of halogens is 2. The lowest BCUT2D eigenvalue weighted by Crippen LogP contribution is -2.19. The highest BCUT2D eigenvalue weighted by Crippen LogP contribution is 2.22. The topological polar surface area (TPSA) is 24.9 Å². The summed E-state index contributed by atoms with van der Waals surface area (Å²) in [5.74, 6) is -0.232. The quantitative estimate of drug-likeness (QED) is 0.890. The largest absolute Gasteiger partial charge is 0.313 e. The molecule has 1 heterocycles. The second-order valence-electron chi connectivity index (χ2n) is 4.76. The molecule has 1 aromatic heterocycles. The zero-order valence-corrected chi connectivity index (χ0v) is 13.2. The van der Waals surface area contributed by atoms with E-state index in [0.29, 0.717) is 0 Å². The molecule has 0 aliphatic rings. The predicted octanol–water partition coefficient (Wildman–Crippen LogP) is 4.05. The third kappa shape index (κ3) is 3.87. The molecule has 0 aliphatic heterocycles. The monoisotopic (exact) mass is 336 g/mol. The summed E-state index contributed by atoms with van der Waals surface area (Å²) in [5.41, 5.74) is 3.14. The highest BCUT2D eigenvalue weighted by molar-refractivity contribution is 9.10. The third-order valence-electron chi connectivity index (χ3n) is 3.34. The van der Waals surface area contributed by atoms with Gasteiger partial charge in [-0.2, -0.15) is 0 Å². The number of benzene rings is 1. The van der Waals surface area contributed by atoms with Gasteiger partial charge in [0.15, 0.2) is 0 Å². The van der Waals surface area contributed by atoms with Crippen molar-refractivity contribution in [2.45, 2.75) is 25.8 Å². The van der Waals surface area contributed by atoms with Crippen LogP contribution in [0, 0.1) is 5.82 Å². The minimum atomic E-state index is -0.232. The van der Waals surface area contributed by atoms with Gasteiger partial charge < -0.3 is 5.32 Å². The van der Waals surface area contributed by atoms with Gasteiger partial charge in [0, 0.05) is 28.8 Å². The molecule has 2 aromatic rings. The van der Waals surface area contributed by atoms with E-state index >= 15 is 0 Å². The Morgan fingerprint density at radius 2 is 2.10 bits per heavy atom. The number of hydrogen-bond acceptors (Lipinski definition) is 2. The number of nitrogens with zero attached hydrogens (tertiary/aromatic N) is 1. The Hall–Kier alpha value is -1.26. The van der Waals surface area contributed by atoms with Gasteiger partial charge in [-0.1, -0.05) is 28.9 Å². The zero-order valence-electron chi connectivity index (χ0n) is 11.7. The van der Waals surface area contributed by atoms with Gasteiger partial charge in [-0.05, 0) is 48.9 Å². The van der Waals surface area contributed by atoms with Gasteiger partial charge in [-0.3, -0.25) is 4.98 Å². The SMILES string of the molecule is CCc1ccc(CC(NC)c2cc(F)cc(Br)c2)nc1. The molecule has 1 atom stereocenters. The Labute approximate surface area is 127 Å². The van der Waals surface area contributed by atoms with Crippen molar-refractivity contribution in [2.75, 3.05) is 7.05 Å². The van der Waals surface area contributed by atoms with Crippen LogP contribution in [0.15, 0.2) is 41.0 Å². The molecule has 0 saturated heterocycles. The van der Waals surface area contributed by atoms with Crippen LogP contribution < -0.4 is 5.32 Å².